The van der Waals surface area contributed by atoms with Gasteiger partial charge in [-0.1, -0.05) is 32.0 Å². The third-order valence-electron chi connectivity index (χ3n) is 3.88. The second-order valence-corrected chi connectivity index (χ2v) is 5.19. The molecule has 0 saturated carbocycles. The van der Waals surface area contributed by atoms with Gasteiger partial charge < -0.3 is 14.6 Å². The van der Waals surface area contributed by atoms with Crippen LogP contribution in [0, 0.1) is 6.92 Å². The Bertz CT molecular complexity index is 600. The van der Waals surface area contributed by atoms with Crippen LogP contribution in [0.4, 0.5) is 0 Å². The molecule has 1 N–H and O–H groups in total. The monoisotopic (exact) mass is 288 g/mol. The molecule has 1 aromatic carbocycles. The third kappa shape index (κ3) is 3.64. The van der Waals surface area contributed by atoms with Gasteiger partial charge in [-0.3, -0.25) is 4.79 Å². The largest absolute Gasteiger partial charge is 0.451 e. The van der Waals surface area contributed by atoms with Crippen LogP contribution in [0.5, 0.6) is 0 Å². The van der Waals surface area contributed by atoms with Gasteiger partial charge in [0.2, 0.25) is 0 Å². The van der Waals surface area contributed by atoms with Gasteiger partial charge in [0.1, 0.15) is 5.58 Å². The summed E-state index contributed by atoms with van der Waals surface area (Å²) in [7, 11) is 0. The van der Waals surface area contributed by atoms with E-state index in [0.29, 0.717) is 12.3 Å². The molecule has 114 valence electrons. The van der Waals surface area contributed by atoms with Crippen LogP contribution in [0.3, 0.4) is 0 Å². The summed E-state index contributed by atoms with van der Waals surface area (Å²) in [5.41, 5.74) is 1.68. The van der Waals surface area contributed by atoms with E-state index in [-0.39, 0.29) is 5.91 Å². The van der Waals surface area contributed by atoms with Crippen molar-refractivity contribution < 1.29 is 9.21 Å². The van der Waals surface area contributed by atoms with E-state index in [9.17, 15) is 4.79 Å². The minimum absolute atomic E-state index is 0.122. The van der Waals surface area contributed by atoms with Crippen molar-refractivity contribution >= 4 is 16.9 Å². The van der Waals surface area contributed by atoms with Crippen LogP contribution in [-0.4, -0.2) is 37.0 Å². The molecule has 0 saturated heterocycles. The molecular formula is C17H24N2O2. The van der Waals surface area contributed by atoms with Gasteiger partial charge in [0.15, 0.2) is 5.76 Å². The van der Waals surface area contributed by atoms with Crippen LogP contribution in [0.2, 0.25) is 0 Å². The van der Waals surface area contributed by atoms with Gasteiger partial charge in [-0.05, 0) is 39.0 Å². The second-order valence-electron chi connectivity index (χ2n) is 5.19. The first-order valence-electron chi connectivity index (χ1n) is 7.66. The fourth-order valence-corrected chi connectivity index (χ4v) is 2.52. The third-order valence-corrected chi connectivity index (χ3v) is 3.88. The highest BCUT2D eigenvalue weighted by Gasteiger charge is 2.16. The summed E-state index contributed by atoms with van der Waals surface area (Å²) in [6, 6.07) is 7.73. The van der Waals surface area contributed by atoms with Crippen molar-refractivity contribution in [3.63, 3.8) is 0 Å². The number of nitrogens with zero attached hydrogens (tertiary/aromatic N) is 1. The number of para-hydroxylation sites is 1. The van der Waals surface area contributed by atoms with Crippen LogP contribution < -0.4 is 5.32 Å². The smallest absolute Gasteiger partial charge is 0.287 e. The molecule has 21 heavy (non-hydrogen) atoms. The first-order valence-corrected chi connectivity index (χ1v) is 7.66. The minimum Gasteiger partial charge on any atom is -0.451 e. The molecular weight excluding hydrogens is 264 g/mol. The average Bonchev–Trinajstić information content (AvgIpc) is 2.85. The SMILES string of the molecule is CCN(CC)CCCNC(=O)c1oc2ccccc2c1C. The quantitative estimate of drug-likeness (QED) is 0.796. The Labute approximate surface area is 126 Å². The maximum absolute atomic E-state index is 12.2. The van der Waals surface area contributed by atoms with E-state index in [2.05, 4.69) is 24.1 Å². The fraction of sp³-hybridized carbons (Fsp3) is 0.471. The molecule has 2 rings (SSSR count). The lowest BCUT2D eigenvalue weighted by atomic mass is 10.1. The van der Waals surface area contributed by atoms with Gasteiger partial charge >= 0.3 is 0 Å². The van der Waals surface area contributed by atoms with Crippen LogP contribution in [0.15, 0.2) is 28.7 Å². The van der Waals surface area contributed by atoms with Crippen molar-refractivity contribution in [2.75, 3.05) is 26.2 Å². The summed E-state index contributed by atoms with van der Waals surface area (Å²) in [5.74, 6) is 0.308. The van der Waals surface area contributed by atoms with E-state index in [0.717, 1.165) is 42.6 Å². The van der Waals surface area contributed by atoms with Crippen LogP contribution in [0.25, 0.3) is 11.0 Å². The zero-order chi connectivity index (χ0) is 15.2. The Kier molecular flexibility index (Phi) is 5.39. The highest BCUT2D eigenvalue weighted by Crippen LogP contribution is 2.24. The first-order chi connectivity index (χ1) is 10.2. The summed E-state index contributed by atoms with van der Waals surface area (Å²) in [6.07, 6.45) is 0.951. The second kappa shape index (κ2) is 7.27. The molecule has 0 aliphatic heterocycles. The topological polar surface area (TPSA) is 45.5 Å². The highest BCUT2D eigenvalue weighted by molar-refractivity contribution is 5.98. The molecule has 0 aliphatic rings. The Morgan fingerprint density at radius 3 is 2.62 bits per heavy atom. The zero-order valence-corrected chi connectivity index (χ0v) is 13.1. The van der Waals surface area contributed by atoms with Crippen molar-refractivity contribution in [3.8, 4) is 0 Å². The molecule has 0 bridgehead atoms. The lowest BCUT2D eigenvalue weighted by Crippen LogP contribution is -2.30. The van der Waals surface area contributed by atoms with Crippen molar-refractivity contribution in [2.45, 2.75) is 27.2 Å². The van der Waals surface area contributed by atoms with Crippen molar-refractivity contribution in [3.05, 3.63) is 35.6 Å². The molecule has 0 aliphatic carbocycles. The average molecular weight is 288 g/mol. The number of carbonyl (C=O) groups excluding carboxylic acids is 1. The molecule has 0 fully saturated rings. The van der Waals surface area contributed by atoms with Crippen LogP contribution >= 0.6 is 0 Å². The summed E-state index contributed by atoms with van der Waals surface area (Å²) < 4.78 is 5.66. The van der Waals surface area contributed by atoms with Crippen molar-refractivity contribution in [1.29, 1.82) is 0 Å². The van der Waals surface area contributed by atoms with Gasteiger partial charge in [-0.15, -0.1) is 0 Å². The number of amides is 1. The predicted octanol–water partition coefficient (Wildman–Crippen LogP) is 3.20. The molecule has 0 atom stereocenters. The summed E-state index contributed by atoms with van der Waals surface area (Å²) in [5, 5.41) is 3.95. The van der Waals surface area contributed by atoms with Crippen molar-refractivity contribution in [1.82, 2.24) is 10.2 Å². The highest BCUT2D eigenvalue weighted by atomic mass is 16.3. The summed E-state index contributed by atoms with van der Waals surface area (Å²) in [6.45, 7) is 10.0. The molecule has 0 radical (unpaired) electrons. The van der Waals surface area contributed by atoms with E-state index in [4.69, 9.17) is 4.42 Å². The number of benzene rings is 1. The van der Waals surface area contributed by atoms with Gasteiger partial charge in [-0.2, -0.15) is 0 Å². The summed E-state index contributed by atoms with van der Waals surface area (Å²) in [4.78, 5) is 14.5. The number of furan rings is 1. The van der Waals surface area contributed by atoms with Gasteiger partial charge in [0.25, 0.3) is 5.91 Å². The van der Waals surface area contributed by atoms with E-state index >= 15 is 0 Å². The van der Waals surface area contributed by atoms with Crippen LogP contribution in [0.1, 0.15) is 36.4 Å². The molecule has 0 unspecified atom stereocenters. The number of hydrogen-bond acceptors (Lipinski definition) is 3. The number of fused-ring (bicyclic) bond motifs is 1. The Morgan fingerprint density at radius 1 is 1.24 bits per heavy atom. The zero-order valence-electron chi connectivity index (χ0n) is 13.1. The number of aryl methyl sites for hydroxylation is 1. The Hall–Kier alpha value is -1.81. The summed E-state index contributed by atoms with van der Waals surface area (Å²) >= 11 is 0. The normalized spacial score (nSPS) is 11.2. The molecule has 1 amide bonds. The number of rotatable bonds is 7. The number of hydrogen-bond donors (Lipinski definition) is 1. The molecule has 2 aromatic rings. The van der Waals surface area contributed by atoms with Crippen molar-refractivity contribution in [2.24, 2.45) is 0 Å². The Balaban J connectivity index is 1.92. The molecule has 4 nitrogen and oxygen atoms in total. The van der Waals surface area contributed by atoms with E-state index in [1.54, 1.807) is 0 Å². The molecule has 4 heteroatoms. The lowest BCUT2D eigenvalue weighted by Gasteiger charge is -2.17. The van der Waals surface area contributed by atoms with E-state index in [1.807, 2.05) is 31.2 Å². The Morgan fingerprint density at radius 2 is 1.95 bits per heavy atom. The number of nitrogens with one attached hydrogen (secondary N) is 1. The predicted molar refractivity (Wildman–Crippen MR) is 85.7 cm³/mol. The lowest BCUT2D eigenvalue weighted by molar-refractivity contribution is 0.0925. The minimum atomic E-state index is -0.122. The molecule has 0 spiro atoms. The molecule has 1 heterocycles. The number of carbonyl (C=O) groups is 1. The maximum atomic E-state index is 12.2. The van der Waals surface area contributed by atoms with Crippen LogP contribution in [-0.2, 0) is 0 Å². The fourth-order valence-electron chi connectivity index (χ4n) is 2.52. The first kappa shape index (κ1) is 15.6. The van der Waals surface area contributed by atoms with Gasteiger partial charge in [0.05, 0.1) is 0 Å². The van der Waals surface area contributed by atoms with E-state index in [1.165, 1.54) is 0 Å². The van der Waals surface area contributed by atoms with E-state index < -0.39 is 0 Å². The molecule has 1 aromatic heterocycles. The van der Waals surface area contributed by atoms with Gasteiger partial charge in [-0.25, -0.2) is 0 Å². The standard InChI is InChI=1S/C17H24N2O2/c1-4-19(5-2)12-8-11-18-17(20)16-13(3)14-9-6-7-10-15(14)21-16/h6-7,9-10H,4-5,8,11-12H2,1-3H3,(H,18,20). The maximum Gasteiger partial charge on any atom is 0.287 e. The van der Waals surface area contributed by atoms with Gasteiger partial charge in [0, 0.05) is 17.5 Å².